The molecular weight excluding hydrogens is 274 g/mol. The quantitative estimate of drug-likeness (QED) is 0.782. The van der Waals surface area contributed by atoms with Crippen molar-refractivity contribution in [2.75, 3.05) is 11.1 Å². The average molecular weight is 291 g/mol. The number of pyridine rings is 1. The number of nitrogens with zero attached hydrogens (tertiary/aromatic N) is 2. The SMILES string of the molecule is CC(C)Nc1nc(N)c(C(=O)NCc2ccccn2)s1. The van der Waals surface area contributed by atoms with Gasteiger partial charge in [-0.3, -0.25) is 9.78 Å². The fourth-order valence-electron chi connectivity index (χ4n) is 1.56. The first-order valence-electron chi connectivity index (χ1n) is 6.27. The summed E-state index contributed by atoms with van der Waals surface area (Å²) in [5, 5.41) is 6.57. The molecule has 0 radical (unpaired) electrons. The van der Waals surface area contributed by atoms with Crippen molar-refractivity contribution in [2.45, 2.75) is 26.4 Å². The van der Waals surface area contributed by atoms with Gasteiger partial charge in [-0.15, -0.1) is 0 Å². The third kappa shape index (κ3) is 3.67. The van der Waals surface area contributed by atoms with Gasteiger partial charge in [0.15, 0.2) is 5.13 Å². The van der Waals surface area contributed by atoms with Crippen LogP contribution < -0.4 is 16.4 Å². The van der Waals surface area contributed by atoms with Gasteiger partial charge < -0.3 is 16.4 Å². The standard InChI is InChI=1S/C13H17N5OS/c1-8(2)17-13-18-11(14)10(20-13)12(19)16-7-9-5-3-4-6-15-9/h3-6,8H,7,14H2,1-2H3,(H,16,19)(H,17,18). The third-order valence-electron chi connectivity index (χ3n) is 2.43. The number of aromatic nitrogens is 2. The summed E-state index contributed by atoms with van der Waals surface area (Å²) in [6.45, 7) is 4.36. The minimum atomic E-state index is -0.234. The molecule has 0 aromatic carbocycles. The lowest BCUT2D eigenvalue weighted by molar-refractivity contribution is 0.0955. The lowest BCUT2D eigenvalue weighted by Crippen LogP contribution is -2.23. The number of nitrogen functional groups attached to an aromatic ring is 1. The molecule has 0 fully saturated rings. The number of amides is 1. The van der Waals surface area contributed by atoms with Crippen molar-refractivity contribution in [1.82, 2.24) is 15.3 Å². The van der Waals surface area contributed by atoms with E-state index in [9.17, 15) is 4.79 Å². The van der Waals surface area contributed by atoms with Gasteiger partial charge in [-0.05, 0) is 26.0 Å². The molecule has 0 unspecified atom stereocenters. The highest BCUT2D eigenvalue weighted by Crippen LogP contribution is 2.25. The van der Waals surface area contributed by atoms with Crippen LogP contribution in [0.1, 0.15) is 29.2 Å². The Morgan fingerprint density at radius 3 is 2.90 bits per heavy atom. The Morgan fingerprint density at radius 1 is 1.45 bits per heavy atom. The molecule has 0 aliphatic carbocycles. The van der Waals surface area contributed by atoms with Gasteiger partial charge >= 0.3 is 0 Å². The zero-order valence-corrected chi connectivity index (χ0v) is 12.2. The second-order valence-electron chi connectivity index (χ2n) is 4.54. The van der Waals surface area contributed by atoms with E-state index in [1.807, 2.05) is 32.0 Å². The predicted octanol–water partition coefficient (Wildman–Crippen LogP) is 1.87. The van der Waals surface area contributed by atoms with Crippen LogP contribution in [-0.4, -0.2) is 21.9 Å². The molecule has 4 N–H and O–H groups in total. The number of anilines is 2. The molecule has 7 heteroatoms. The number of hydrogen-bond acceptors (Lipinski definition) is 6. The Morgan fingerprint density at radius 2 is 2.25 bits per heavy atom. The first-order valence-corrected chi connectivity index (χ1v) is 7.09. The van der Waals surface area contributed by atoms with E-state index in [0.29, 0.717) is 16.6 Å². The second-order valence-corrected chi connectivity index (χ2v) is 5.54. The molecule has 0 saturated carbocycles. The summed E-state index contributed by atoms with van der Waals surface area (Å²) >= 11 is 1.25. The van der Waals surface area contributed by atoms with E-state index < -0.39 is 0 Å². The minimum Gasteiger partial charge on any atom is -0.382 e. The van der Waals surface area contributed by atoms with Gasteiger partial charge in [0, 0.05) is 12.2 Å². The highest BCUT2D eigenvalue weighted by Gasteiger charge is 2.16. The van der Waals surface area contributed by atoms with E-state index in [4.69, 9.17) is 5.73 Å². The van der Waals surface area contributed by atoms with E-state index in [1.165, 1.54) is 11.3 Å². The van der Waals surface area contributed by atoms with Crippen molar-refractivity contribution in [3.8, 4) is 0 Å². The topological polar surface area (TPSA) is 92.9 Å². The third-order valence-corrected chi connectivity index (χ3v) is 3.43. The fraction of sp³-hybridized carbons (Fsp3) is 0.308. The molecule has 2 aromatic rings. The van der Waals surface area contributed by atoms with Gasteiger partial charge in [-0.25, -0.2) is 4.98 Å². The van der Waals surface area contributed by atoms with Crippen LogP contribution in [0.4, 0.5) is 10.9 Å². The molecule has 0 aliphatic rings. The van der Waals surface area contributed by atoms with Crippen LogP contribution in [0.5, 0.6) is 0 Å². The number of nitrogens with two attached hydrogens (primary N) is 1. The van der Waals surface area contributed by atoms with Gasteiger partial charge in [0.2, 0.25) is 0 Å². The largest absolute Gasteiger partial charge is 0.382 e. The number of carbonyl (C=O) groups is 1. The summed E-state index contributed by atoms with van der Waals surface area (Å²) in [5.41, 5.74) is 6.57. The lowest BCUT2D eigenvalue weighted by atomic mass is 10.3. The number of rotatable bonds is 5. The molecular formula is C13H17N5OS. The Kier molecular flexibility index (Phi) is 4.52. The van der Waals surface area contributed by atoms with Crippen LogP contribution in [-0.2, 0) is 6.54 Å². The molecule has 0 saturated heterocycles. The molecule has 1 amide bonds. The number of hydrogen-bond donors (Lipinski definition) is 3. The second kappa shape index (κ2) is 6.33. The van der Waals surface area contributed by atoms with Crippen LogP contribution >= 0.6 is 11.3 Å². The van der Waals surface area contributed by atoms with Gasteiger partial charge in [-0.1, -0.05) is 17.4 Å². The van der Waals surface area contributed by atoms with Crippen molar-refractivity contribution >= 4 is 28.2 Å². The smallest absolute Gasteiger partial charge is 0.265 e. The Balaban J connectivity index is 2.00. The molecule has 0 atom stereocenters. The van der Waals surface area contributed by atoms with E-state index in [-0.39, 0.29) is 17.8 Å². The number of carbonyl (C=O) groups excluding carboxylic acids is 1. The molecule has 0 spiro atoms. The van der Waals surface area contributed by atoms with Crippen LogP contribution in [0.2, 0.25) is 0 Å². The fourth-order valence-corrected chi connectivity index (χ4v) is 2.50. The van der Waals surface area contributed by atoms with E-state index in [1.54, 1.807) is 6.20 Å². The van der Waals surface area contributed by atoms with Gasteiger partial charge in [0.25, 0.3) is 5.91 Å². The van der Waals surface area contributed by atoms with Crippen LogP contribution in [0.3, 0.4) is 0 Å². The molecule has 106 valence electrons. The molecule has 6 nitrogen and oxygen atoms in total. The maximum Gasteiger partial charge on any atom is 0.265 e. The highest BCUT2D eigenvalue weighted by atomic mass is 32.1. The molecule has 2 aromatic heterocycles. The molecule has 0 bridgehead atoms. The van der Waals surface area contributed by atoms with E-state index in [0.717, 1.165) is 5.69 Å². The van der Waals surface area contributed by atoms with Crippen molar-refractivity contribution < 1.29 is 4.79 Å². The lowest BCUT2D eigenvalue weighted by Gasteiger charge is -2.04. The van der Waals surface area contributed by atoms with Crippen molar-refractivity contribution in [2.24, 2.45) is 0 Å². The monoisotopic (exact) mass is 291 g/mol. The van der Waals surface area contributed by atoms with Crippen molar-refractivity contribution in [3.63, 3.8) is 0 Å². The maximum absolute atomic E-state index is 12.1. The summed E-state index contributed by atoms with van der Waals surface area (Å²) in [4.78, 5) is 20.8. The summed E-state index contributed by atoms with van der Waals surface area (Å²) in [7, 11) is 0. The summed E-state index contributed by atoms with van der Waals surface area (Å²) in [6, 6.07) is 5.79. The van der Waals surface area contributed by atoms with Gasteiger partial charge in [0.05, 0.1) is 12.2 Å². The van der Waals surface area contributed by atoms with Gasteiger partial charge in [-0.2, -0.15) is 0 Å². The molecule has 2 rings (SSSR count). The number of nitrogens with one attached hydrogen (secondary N) is 2. The average Bonchev–Trinajstić information content (AvgIpc) is 2.77. The Hall–Kier alpha value is -2.15. The summed E-state index contributed by atoms with van der Waals surface area (Å²) < 4.78 is 0. The van der Waals surface area contributed by atoms with Gasteiger partial charge in [0.1, 0.15) is 10.7 Å². The summed E-state index contributed by atoms with van der Waals surface area (Å²) in [6.07, 6.45) is 1.69. The van der Waals surface area contributed by atoms with Crippen molar-refractivity contribution in [3.05, 3.63) is 35.0 Å². The zero-order chi connectivity index (χ0) is 14.5. The maximum atomic E-state index is 12.1. The zero-order valence-electron chi connectivity index (χ0n) is 11.4. The first kappa shape index (κ1) is 14.3. The van der Waals surface area contributed by atoms with Crippen LogP contribution in [0, 0.1) is 0 Å². The minimum absolute atomic E-state index is 0.234. The van der Waals surface area contributed by atoms with E-state index >= 15 is 0 Å². The predicted molar refractivity (Wildman–Crippen MR) is 80.7 cm³/mol. The van der Waals surface area contributed by atoms with Crippen molar-refractivity contribution in [1.29, 1.82) is 0 Å². The first-order chi connectivity index (χ1) is 9.56. The summed E-state index contributed by atoms with van der Waals surface area (Å²) in [5.74, 6) is 0.0131. The Labute approximate surface area is 121 Å². The Bertz CT molecular complexity index is 582. The van der Waals surface area contributed by atoms with E-state index in [2.05, 4.69) is 20.6 Å². The molecule has 0 aliphatic heterocycles. The normalized spacial score (nSPS) is 10.6. The molecule has 2 heterocycles. The van der Waals surface area contributed by atoms with Crippen LogP contribution in [0.25, 0.3) is 0 Å². The van der Waals surface area contributed by atoms with Crippen LogP contribution in [0.15, 0.2) is 24.4 Å². The highest BCUT2D eigenvalue weighted by molar-refractivity contribution is 7.18. The molecule has 20 heavy (non-hydrogen) atoms. The number of thiazole rings is 1.